The van der Waals surface area contributed by atoms with E-state index in [-0.39, 0.29) is 30.3 Å². The molecule has 0 fully saturated rings. The number of carbonyl (C=O) groups excluding carboxylic acids is 3. The number of aryl methyl sites for hydroxylation is 2. The van der Waals surface area contributed by atoms with Crippen LogP contribution in [0.2, 0.25) is 0 Å². The average molecular weight is 524 g/mol. The maximum absolute atomic E-state index is 14.4. The summed E-state index contributed by atoms with van der Waals surface area (Å²) in [7, 11) is 0. The van der Waals surface area contributed by atoms with E-state index in [1.165, 1.54) is 0 Å². The van der Waals surface area contributed by atoms with Gasteiger partial charge in [0.1, 0.15) is 17.7 Å². The number of alkyl carbamates (subject to hydrolysis) is 1. The molecule has 0 aliphatic heterocycles. The van der Waals surface area contributed by atoms with E-state index in [1.807, 2.05) is 90.1 Å². The van der Waals surface area contributed by atoms with Crippen molar-refractivity contribution in [3.05, 3.63) is 70.8 Å². The zero-order valence-corrected chi connectivity index (χ0v) is 24.4. The maximum Gasteiger partial charge on any atom is 0.408 e. The first kappa shape index (κ1) is 30.9. The minimum atomic E-state index is -0.929. The van der Waals surface area contributed by atoms with Crippen LogP contribution >= 0.6 is 0 Å². The number of amides is 3. The number of hydrogen-bond donors (Lipinski definition) is 2. The van der Waals surface area contributed by atoms with Crippen LogP contribution in [0, 0.1) is 13.8 Å². The number of rotatable bonds is 10. The normalized spacial score (nSPS) is 13.8. The summed E-state index contributed by atoms with van der Waals surface area (Å²) in [4.78, 5) is 42.6. The smallest absolute Gasteiger partial charge is 0.408 e. The fourth-order valence-electron chi connectivity index (χ4n) is 4.39. The van der Waals surface area contributed by atoms with Gasteiger partial charge in [-0.05, 0) is 78.5 Å². The van der Waals surface area contributed by atoms with Crippen molar-refractivity contribution in [1.82, 2.24) is 15.5 Å². The van der Waals surface area contributed by atoms with Gasteiger partial charge >= 0.3 is 6.09 Å². The molecule has 0 aliphatic rings. The van der Waals surface area contributed by atoms with Crippen molar-refractivity contribution >= 4 is 17.9 Å². The second-order valence-electron chi connectivity index (χ2n) is 11.3. The van der Waals surface area contributed by atoms with Crippen LogP contribution in [-0.4, -0.2) is 46.5 Å². The summed E-state index contributed by atoms with van der Waals surface area (Å²) >= 11 is 0. The largest absolute Gasteiger partial charge is 0.444 e. The predicted octanol–water partition coefficient (Wildman–Crippen LogP) is 5.63. The Kier molecular flexibility index (Phi) is 10.9. The molecule has 0 bridgehead atoms. The first-order chi connectivity index (χ1) is 17.7. The molecule has 2 N–H and O–H groups in total. The van der Waals surface area contributed by atoms with Crippen molar-refractivity contribution in [1.29, 1.82) is 0 Å². The van der Waals surface area contributed by atoms with Crippen molar-refractivity contribution in [2.75, 3.05) is 0 Å². The standard InChI is InChI=1S/C31H45N3O4/c1-10-23(6)34(27(28(35)32-20(2)3)25-17-16-21(4)18-22(25)5)29(36)26(19-24-14-12-11-13-15-24)33-30(37)38-31(7,8)9/h11-18,20,23,26-27H,10,19H2,1-9H3,(H,32,35)(H,33,37). The molecule has 0 aliphatic carbocycles. The van der Waals surface area contributed by atoms with Crippen LogP contribution in [0.5, 0.6) is 0 Å². The van der Waals surface area contributed by atoms with Gasteiger partial charge < -0.3 is 20.3 Å². The molecule has 0 heterocycles. The van der Waals surface area contributed by atoms with Crippen LogP contribution < -0.4 is 10.6 Å². The average Bonchev–Trinajstić information content (AvgIpc) is 2.81. The van der Waals surface area contributed by atoms with Crippen molar-refractivity contribution in [3.8, 4) is 0 Å². The molecule has 208 valence electrons. The maximum atomic E-state index is 14.4. The number of nitrogens with zero attached hydrogens (tertiary/aromatic N) is 1. The molecule has 3 unspecified atom stereocenters. The lowest BCUT2D eigenvalue weighted by Crippen LogP contribution is -2.56. The Labute approximate surface area is 228 Å². The Bertz CT molecular complexity index is 1090. The summed E-state index contributed by atoms with van der Waals surface area (Å²) in [5, 5.41) is 5.82. The Balaban J connectivity index is 2.61. The van der Waals surface area contributed by atoms with E-state index in [2.05, 4.69) is 10.6 Å². The molecule has 0 aromatic heterocycles. The summed E-state index contributed by atoms with van der Waals surface area (Å²) in [6.07, 6.45) is 0.217. The highest BCUT2D eigenvalue weighted by Crippen LogP contribution is 2.29. The molecule has 38 heavy (non-hydrogen) atoms. The van der Waals surface area contributed by atoms with Gasteiger partial charge in [0.15, 0.2) is 0 Å². The van der Waals surface area contributed by atoms with Crippen LogP contribution in [0.3, 0.4) is 0 Å². The summed E-state index contributed by atoms with van der Waals surface area (Å²) < 4.78 is 5.50. The van der Waals surface area contributed by atoms with Gasteiger partial charge in [-0.2, -0.15) is 0 Å². The van der Waals surface area contributed by atoms with Crippen molar-refractivity contribution in [2.45, 2.75) is 105 Å². The van der Waals surface area contributed by atoms with Crippen molar-refractivity contribution < 1.29 is 19.1 Å². The van der Waals surface area contributed by atoms with Gasteiger partial charge in [0.25, 0.3) is 0 Å². The first-order valence-electron chi connectivity index (χ1n) is 13.5. The molecule has 0 radical (unpaired) electrons. The quantitative estimate of drug-likeness (QED) is 0.422. The van der Waals surface area contributed by atoms with Gasteiger partial charge in [-0.15, -0.1) is 0 Å². The molecule has 7 nitrogen and oxygen atoms in total. The summed E-state index contributed by atoms with van der Waals surface area (Å²) in [6.45, 7) is 17.0. The van der Waals surface area contributed by atoms with Crippen LogP contribution in [0.1, 0.15) is 83.2 Å². The van der Waals surface area contributed by atoms with E-state index in [0.717, 1.165) is 22.3 Å². The van der Waals surface area contributed by atoms with E-state index in [4.69, 9.17) is 4.74 Å². The van der Waals surface area contributed by atoms with Crippen LogP contribution in [0.25, 0.3) is 0 Å². The highest BCUT2D eigenvalue weighted by atomic mass is 16.6. The van der Waals surface area contributed by atoms with Gasteiger partial charge in [0.2, 0.25) is 11.8 Å². The van der Waals surface area contributed by atoms with Gasteiger partial charge in [0, 0.05) is 18.5 Å². The molecule has 0 saturated carbocycles. The monoisotopic (exact) mass is 523 g/mol. The number of benzene rings is 2. The van der Waals surface area contributed by atoms with Gasteiger partial charge in [-0.3, -0.25) is 9.59 Å². The minimum Gasteiger partial charge on any atom is -0.444 e. The summed E-state index contributed by atoms with van der Waals surface area (Å²) in [6, 6.07) is 13.2. The molecule has 3 amide bonds. The minimum absolute atomic E-state index is 0.107. The lowest BCUT2D eigenvalue weighted by atomic mass is 9.94. The predicted molar refractivity (Wildman–Crippen MR) is 152 cm³/mol. The lowest BCUT2D eigenvalue weighted by molar-refractivity contribution is -0.145. The van der Waals surface area contributed by atoms with Crippen molar-refractivity contribution in [2.24, 2.45) is 0 Å². The lowest BCUT2D eigenvalue weighted by Gasteiger charge is -2.39. The van der Waals surface area contributed by atoms with Crippen LogP contribution in [0.4, 0.5) is 4.79 Å². The van der Waals surface area contributed by atoms with Crippen molar-refractivity contribution in [3.63, 3.8) is 0 Å². The molecule has 3 atom stereocenters. The topological polar surface area (TPSA) is 87.7 Å². The van der Waals surface area contributed by atoms with E-state index < -0.39 is 23.8 Å². The Morgan fingerprint density at radius 2 is 1.58 bits per heavy atom. The third-order valence-corrected chi connectivity index (χ3v) is 6.27. The second-order valence-corrected chi connectivity index (χ2v) is 11.3. The molecular formula is C31H45N3O4. The Morgan fingerprint density at radius 3 is 2.11 bits per heavy atom. The fourth-order valence-corrected chi connectivity index (χ4v) is 4.39. The first-order valence-corrected chi connectivity index (χ1v) is 13.5. The highest BCUT2D eigenvalue weighted by molar-refractivity contribution is 5.92. The molecule has 7 heteroatoms. The highest BCUT2D eigenvalue weighted by Gasteiger charge is 2.39. The van der Waals surface area contributed by atoms with Crippen LogP contribution in [-0.2, 0) is 20.7 Å². The van der Waals surface area contributed by atoms with Gasteiger partial charge in [0.05, 0.1) is 0 Å². The second kappa shape index (κ2) is 13.4. The Morgan fingerprint density at radius 1 is 0.947 bits per heavy atom. The fraction of sp³-hybridized carbons (Fsp3) is 0.516. The zero-order chi connectivity index (χ0) is 28.6. The summed E-state index contributed by atoms with van der Waals surface area (Å²) in [5.74, 6) is -0.589. The number of nitrogens with one attached hydrogen (secondary N) is 2. The van der Waals surface area contributed by atoms with E-state index in [9.17, 15) is 14.4 Å². The third-order valence-electron chi connectivity index (χ3n) is 6.27. The zero-order valence-electron chi connectivity index (χ0n) is 24.4. The molecule has 0 saturated heterocycles. The molecule has 2 aromatic carbocycles. The SMILES string of the molecule is CCC(C)N(C(=O)C(Cc1ccccc1)NC(=O)OC(C)(C)C)C(C(=O)NC(C)C)c1ccc(C)cc1C. The number of ether oxygens (including phenoxy) is 1. The van der Waals surface area contributed by atoms with Gasteiger partial charge in [-0.25, -0.2) is 4.79 Å². The van der Waals surface area contributed by atoms with Gasteiger partial charge in [-0.1, -0.05) is 61.0 Å². The molecule has 0 spiro atoms. The van der Waals surface area contributed by atoms with E-state index in [0.29, 0.717) is 6.42 Å². The number of hydrogen-bond acceptors (Lipinski definition) is 4. The van der Waals surface area contributed by atoms with E-state index >= 15 is 0 Å². The molecule has 2 rings (SSSR count). The van der Waals surface area contributed by atoms with E-state index in [1.54, 1.807) is 25.7 Å². The third kappa shape index (κ3) is 8.89. The molecule has 2 aromatic rings. The van der Waals surface area contributed by atoms with Crippen LogP contribution in [0.15, 0.2) is 48.5 Å². The Hall–Kier alpha value is -3.35. The molecular weight excluding hydrogens is 478 g/mol. The number of carbonyl (C=O) groups is 3. The summed E-state index contributed by atoms with van der Waals surface area (Å²) in [5.41, 5.74) is 2.93.